The molecule has 0 aromatic carbocycles. The van der Waals surface area contributed by atoms with Gasteiger partial charge in [-0.1, -0.05) is 0 Å². The molecule has 1 fully saturated rings. The fraction of sp³-hybridized carbons (Fsp3) is 0.727. The fourth-order valence-electron chi connectivity index (χ4n) is 1.43. The first-order valence-corrected chi connectivity index (χ1v) is 6.72. The van der Waals surface area contributed by atoms with Gasteiger partial charge in [0.15, 0.2) is 0 Å². The Bertz CT molecular complexity index is 377. The minimum absolute atomic E-state index is 0.0581. The third kappa shape index (κ3) is 5.32. The minimum atomic E-state index is -4.25. The Kier molecular flexibility index (Phi) is 4.58. The Morgan fingerprint density at radius 2 is 2.22 bits per heavy atom. The van der Waals surface area contributed by atoms with Gasteiger partial charge in [0.1, 0.15) is 6.61 Å². The molecule has 0 radical (unpaired) electrons. The molecular formula is C11H15F3N2OS. The molecule has 7 heteroatoms. The highest BCUT2D eigenvalue weighted by atomic mass is 32.1. The maximum atomic E-state index is 11.8. The van der Waals surface area contributed by atoms with Gasteiger partial charge in [-0.2, -0.15) is 13.2 Å². The molecule has 1 aliphatic rings. The average Bonchev–Trinajstić information content (AvgIpc) is 3.00. The van der Waals surface area contributed by atoms with Gasteiger partial charge in [-0.15, -0.1) is 11.3 Å². The van der Waals surface area contributed by atoms with Crippen LogP contribution in [0.25, 0.3) is 0 Å². The summed E-state index contributed by atoms with van der Waals surface area (Å²) in [5, 5.41) is 6.10. The summed E-state index contributed by atoms with van der Waals surface area (Å²) in [5.41, 5.74) is 0.956. The summed E-state index contributed by atoms with van der Waals surface area (Å²) in [6.45, 7) is -0.387. The maximum absolute atomic E-state index is 11.8. The zero-order valence-electron chi connectivity index (χ0n) is 9.79. The average molecular weight is 280 g/mol. The third-order valence-corrected chi connectivity index (χ3v) is 3.43. The summed E-state index contributed by atoms with van der Waals surface area (Å²) in [6.07, 6.45) is -1.36. The van der Waals surface area contributed by atoms with Gasteiger partial charge < -0.3 is 10.1 Å². The smallest absolute Gasteiger partial charge is 0.372 e. The third-order valence-electron chi connectivity index (χ3n) is 2.47. The number of thiazole rings is 1. The molecule has 0 atom stereocenters. The molecule has 0 saturated heterocycles. The summed E-state index contributed by atoms with van der Waals surface area (Å²) in [7, 11) is 0. The van der Waals surface area contributed by atoms with Crippen molar-refractivity contribution in [3.05, 3.63) is 16.1 Å². The Labute approximate surface area is 107 Å². The minimum Gasteiger partial charge on any atom is -0.372 e. The van der Waals surface area contributed by atoms with Crippen molar-refractivity contribution in [2.24, 2.45) is 0 Å². The predicted octanol–water partition coefficient (Wildman–Crippen LogP) is 2.52. The summed E-state index contributed by atoms with van der Waals surface area (Å²) in [4.78, 5) is 4.34. The van der Waals surface area contributed by atoms with Crippen LogP contribution in [0.3, 0.4) is 0 Å². The number of rotatable bonds is 7. The Morgan fingerprint density at radius 1 is 1.44 bits per heavy atom. The second-order valence-electron chi connectivity index (χ2n) is 4.31. The molecule has 0 aliphatic heterocycles. The van der Waals surface area contributed by atoms with Gasteiger partial charge in [-0.05, 0) is 12.8 Å². The van der Waals surface area contributed by atoms with Crippen LogP contribution in [0.4, 0.5) is 13.2 Å². The van der Waals surface area contributed by atoms with Gasteiger partial charge in [0.25, 0.3) is 0 Å². The lowest BCUT2D eigenvalue weighted by molar-refractivity contribution is -0.173. The highest BCUT2D eigenvalue weighted by molar-refractivity contribution is 7.09. The molecule has 1 aromatic rings. The van der Waals surface area contributed by atoms with Gasteiger partial charge in [0, 0.05) is 24.4 Å². The van der Waals surface area contributed by atoms with E-state index in [-0.39, 0.29) is 6.61 Å². The molecule has 2 rings (SSSR count). The first kappa shape index (κ1) is 13.8. The number of halogens is 3. The summed E-state index contributed by atoms with van der Waals surface area (Å²) in [6, 6.07) is 0.630. The molecule has 0 bridgehead atoms. The van der Waals surface area contributed by atoms with Gasteiger partial charge in [0.05, 0.1) is 17.3 Å². The molecule has 1 heterocycles. The van der Waals surface area contributed by atoms with Crippen LogP contribution in [0.15, 0.2) is 5.38 Å². The Hall–Kier alpha value is -0.660. The summed E-state index contributed by atoms with van der Waals surface area (Å²) in [5.74, 6) is 0. The number of hydrogen-bond donors (Lipinski definition) is 1. The van der Waals surface area contributed by atoms with Crippen molar-refractivity contribution in [3.8, 4) is 0 Å². The zero-order chi connectivity index (χ0) is 13.0. The standard InChI is InChI=1S/C11H15F3N2OS/c12-11(13,14)7-17-4-3-10-16-9(6-18-10)5-15-8-1-2-8/h6,8,15H,1-5,7H2. The van der Waals surface area contributed by atoms with E-state index in [0.29, 0.717) is 12.5 Å². The Morgan fingerprint density at radius 3 is 2.89 bits per heavy atom. The maximum Gasteiger partial charge on any atom is 0.411 e. The van der Waals surface area contributed by atoms with Crippen LogP contribution < -0.4 is 5.32 Å². The van der Waals surface area contributed by atoms with E-state index in [2.05, 4.69) is 15.0 Å². The van der Waals surface area contributed by atoms with Crippen molar-refractivity contribution in [1.29, 1.82) is 0 Å². The summed E-state index contributed by atoms with van der Waals surface area (Å²) < 4.78 is 40.0. The first-order valence-electron chi connectivity index (χ1n) is 5.84. The van der Waals surface area contributed by atoms with E-state index in [1.165, 1.54) is 24.2 Å². The highest BCUT2D eigenvalue weighted by Crippen LogP contribution is 2.20. The van der Waals surface area contributed by atoms with Crippen LogP contribution in [-0.4, -0.2) is 30.4 Å². The van der Waals surface area contributed by atoms with Crippen LogP contribution >= 0.6 is 11.3 Å². The number of alkyl halides is 3. The molecule has 1 aromatic heterocycles. The van der Waals surface area contributed by atoms with Crippen LogP contribution in [0.5, 0.6) is 0 Å². The lowest BCUT2D eigenvalue weighted by Crippen LogP contribution is -2.18. The van der Waals surface area contributed by atoms with Gasteiger partial charge in [-0.25, -0.2) is 4.98 Å². The van der Waals surface area contributed by atoms with Gasteiger partial charge in [0.2, 0.25) is 0 Å². The van der Waals surface area contributed by atoms with Crippen molar-refractivity contribution >= 4 is 11.3 Å². The van der Waals surface area contributed by atoms with Crippen molar-refractivity contribution in [2.75, 3.05) is 13.2 Å². The van der Waals surface area contributed by atoms with E-state index in [4.69, 9.17) is 0 Å². The normalized spacial score (nSPS) is 16.2. The molecule has 0 amide bonds. The topological polar surface area (TPSA) is 34.1 Å². The highest BCUT2D eigenvalue weighted by Gasteiger charge is 2.27. The van der Waals surface area contributed by atoms with Crippen LogP contribution in [0, 0.1) is 0 Å². The molecule has 18 heavy (non-hydrogen) atoms. The van der Waals surface area contributed by atoms with Crippen LogP contribution in [-0.2, 0) is 17.7 Å². The summed E-state index contributed by atoms with van der Waals surface area (Å²) >= 11 is 1.47. The lowest BCUT2D eigenvalue weighted by Gasteiger charge is -2.06. The quantitative estimate of drug-likeness (QED) is 0.779. The Balaban J connectivity index is 1.63. The largest absolute Gasteiger partial charge is 0.411 e. The van der Waals surface area contributed by atoms with E-state index in [1.807, 2.05) is 5.38 Å². The lowest BCUT2D eigenvalue weighted by atomic mass is 10.4. The number of hydrogen-bond acceptors (Lipinski definition) is 4. The van der Waals surface area contributed by atoms with E-state index < -0.39 is 12.8 Å². The number of ether oxygens (including phenoxy) is 1. The number of aromatic nitrogens is 1. The molecule has 102 valence electrons. The van der Waals surface area contributed by atoms with E-state index in [0.717, 1.165) is 17.2 Å². The van der Waals surface area contributed by atoms with Gasteiger partial charge >= 0.3 is 6.18 Å². The van der Waals surface area contributed by atoms with Gasteiger partial charge in [-0.3, -0.25) is 0 Å². The molecule has 0 unspecified atom stereocenters. The molecule has 1 aliphatic carbocycles. The van der Waals surface area contributed by atoms with E-state index in [9.17, 15) is 13.2 Å². The second-order valence-corrected chi connectivity index (χ2v) is 5.25. The van der Waals surface area contributed by atoms with Crippen LogP contribution in [0.2, 0.25) is 0 Å². The van der Waals surface area contributed by atoms with Crippen molar-refractivity contribution in [1.82, 2.24) is 10.3 Å². The first-order chi connectivity index (χ1) is 8.53. The number of nitrogens with zero attached hydrogens (tertiary/aromatic N) is 1. The van der Waals surface area contributed by atoms with Crippen molar-refractivity contribution < 1.29 is 17.9 Å². The molecule has 0 spiro atoms. The predicted molar refractivity (Wildman–Crippen MR) is 62.6 cm³/mol. The monoisotopic (exact) mass is 280 g/mol. The van der Waals surface area contributed by atoms with Crippen molar-refractivity contribution in [2.45, 2.75) is 38.0 Å². The number of nitrogens with one attached hydrogen (secondary N) is 1. The second kappa shape index (κ2) is 5.99. The fourth-order valence-corrected chi connectivity index (χ4v) is 2.21. The molecule has 1 N–H and O–H groups in total. The molecule has 1 saturated carbocycles. The van der Waals surface area contributed by atoms with E-state index >= 15 is 0 Å². The zero-order valence-corrected chi connectivity index (χ0v) is 10.6. The van der Waals surface area contributed by atoms with Crippen LogP contribution in [0.1, 0.15) is 23.5 Å². The van der Waals surface area contributed by atoms with Crippen molar-refractivity contribution in [3.63, 3.8) is 0 Å². The molecule has 3 nitrogen and oxygen atoms in total. The molecular weight excluding hydrogens is 265 g/mol. The van der Waals surface area contributed by atoms with E-state index in [1.54, 1.807) is 0 Å². The SMILES string of the molecule is FC(F)(F)COCCc1nc(CNC2CC2)cs1.